The van der Waals surface area contributed by atoms with E-state index in [-0.39, 0.29) is 23.3 Å². The number of benzene rings is 1. The van der Waals surface area contributed by atoms with Gasteiger partial charge in [0.05, 0.1) is 5.69 Å². The van der Waals surface area contributed by atoms with Gasteiger partial charge >= 0.3 is 6.36 Å². The second-order valence-electron chi connectivity index (χ2n) is 7.71. The smallest absolute Gasteiger partial charge is 0.405 e. The van der Waals surface area contributed by atoms with E-state index in [1.54, 1.807) is 12.1 Å². The van der Waals surface area contributed by atoms with Crippen LogP contribution in [-0.4, -0.2) is 27.8 Å². The summed E-state index contributed by atoms with van der Waals surface area (Å²) in [6.45, 7) is 7.13. The first kappa shape index (κ1) is 19.4. The Balaban J connectivity index is 1.83. The first-order valence-electron chi connectivity index (χ1n) is 8.71. The summed E-state index contributed by atoms with van der Waals surface area (Å²) in [4.78, 5) is 21.8. The van der Waals surface area contributed by atoms with Crippen LogP contribution in [0, 0.1) is 0 Å². The molecule has 0 unspecified atom stereocenters. The molecule has 0 aliphatic carbocycles. The number of fused-ring (bicyclic) bond motifs is 1. The van der Waals surface area contributed by atoms with E-state index in [0.29, 0.717) is 42.2 Å². The summed E-state index contributed by atoms with van der Waals surface area (Å²) in [6.07, 6.45) is -4.23. The predicted octanol–water partition coefficient (Wildman–Crippen LogP) is 3.52. The molecular weight excluding hydrogens is 359 g/mol. The van der Waals surface area contributed by atoms with Crippen LogP contribution in [0.4, 0.5) is 13.2 Å². The highest BCUT2D eigenvalue weighted by atomic mass is 19.4. The SMILES string of the molecule is CC(C)(C)c1nc2c(c(=O)[nH]1)CCN(Cc1ccccc1OC(F)(F)F)C2. The van der Waals surface area contributed by atoms with Crippen molar-refractivity contribution in [2.75, 3.05) is 6.54 Å². The summed E-state index contributed by atoms with van der Waals surface area (Å²) in [6, 6.07) is 6.10. The fourth-order valence-electron chi connectivity index (χ4n) is 3.08. The van der Waals surface area contributed by atoms with Gasteiger partial charge in [0.25, 0.3) is 5.56 Å². The van der Waals surface area contributed by atoms with Crippen molar-refractivity contribution < 1.29 is 17.9 Å². The fourth-order valence-corrected chi connectivity index (χ4v) is 3.08. The lowest BCUT2D eigenvalue weighted by molar-refractivity contribution is -0.275. The zero-order valence-electron chi connectivity index (χ0n) is 15.5. The molecule has 0 saturated heterocycles. The van der Waals surface area contributed by atoms with Gasteiger partial charge < -0.3 is 9.72 Å². The maximum Gasteiger partial charge on any atom is 0.573 e. The third-order valence-electron chi connectivity index (χ3n) is 4.46. The molecule has 1 aliphatic rings. The predicted molar refractivity (Wildman–Crippen MR) is 94.5 cm³/mol. The van der Waals surface area contributed by atoms with Crippen LogP contribution in [-0.2, 0) is 24.9 Å². The molecule has 1 aromatic heterocycles. The normalized spacial score (nSPS) is 15.5. The number of alkyl halides is 3. The lowest BCUT2D eigenvalue weighted by atomic mass is 9.95. The van der Waals surface area contributed by atoms with Crippen molar-refractivity contribution in [1.29, 1.82) is 0 Å². The zero-order chi connectivity index (χ0) is 19.8. The summed E-state index contributed by atoms with van der Waals surface area (Å²) < 4.78 is 42.0. The Kier molecular flexibility index (Phi) is 5.03. The second kappa shape index (κ2) is 6.99. The largest absolute Gasteiger partial charge is 0.573 e. The number of para-hydroxylation sites is 1. The monoisotopic (exact) mass is 381 g/mol. The molecule has 0 atom stereocenters. The lowest BCUT2D eigenvalue weighted by Gasteiger charge is -2.29. The number of aromatic nitrogens is 2. The molecule has 0 bridgehead atoms. The number of ether oxygens (including phenoxy) is 1. The van der Waals surface area contributed by atoms with E-state index in [9.17, 15) is 18.0 Å². The number of hydrogen-bond acceptors (Lipinski definition) is 4. The molecule has 0 fully saturated rings. The van der Waals surface area contributed by atoms with Crippen LogP contribution in [0.1, 0.15) is 43.4 Å². The van der Waals surface area contributed by atoms with Gasteiger partial charge in [-0.15, -0.1) is 13.2 Å². The molecule has 5 nitrogen and oxygen atoms in total. The minimum Gasteiger partial charge on any atom is -0.405 e. The average molecular weight is 381 g/mol. The molecular formula is C19H22F3N3O2. The molecule has 2 heterocycles. The number of halogens is 3. The van der Waals surface area contributed by atoms with E-state index in [2.05, 4.69) is 14.7 Å². The summed E-state index contributed by atoms with van der Waals surface area (Å²) in [5.74, 6) is 0.402. The average Bonchev–Trinajstić information content (AvgIpc) is 2.54. The number of nitrogens with zero attached hydrogens (tertiary/aromatic N) is 2. The van der Waals surface area contributed by atoms with Crippen molar-refractivity contribution in [3.8, 4) is 5.75 Å². The number of nitrogens with one attached hydrogen (secondary N) is 1. The highest BCUT2D eigenvalue weighted by Gasteiger charge is 2.32. The molecule has 27 heavy (non-hydrogen) atoms. The Morgan fingerprint density at radius 3 is 2.59 bits per heavy atom. The van der Waals surface area contributed by atoms with E-state index in [1.165, 1.54) is 12.1 Å². The van der Waals surface area contributed by atoms with E-state index in [1.807, 2.05) is 25.7 Å². The van der Waals surface area contributed by atoms with Gasteiger partial charge in [-0.25, -0.2) is 4.98 Å². The first-order valence-corrected chi connectivity index (χ1v) is 8.71. The van der Waals surface area contributed by atoms with Gasteiger partial charge in [0, 0.05) is 36.2 Å². The molecule has 0 radical (unpaired) electrons. The van der Waals surface area contributed by atoms with Crippen LogP contribution >= 0.6 is 0 Å². The van der Waals surface area contributed by atoms with Crippen molar-refractivity contribution in [2.45, 2.75) is 52.1 Å². The molecule has 0 saturated carbocycles. The van der Waals surface area contributed by atoms with E-state index >= 15 is 0 Å². The van der Waals surface area contributed by atoms with Crippen molar-refractivity contribution in [3.05, 3.63) is 57.3 Å². The van der Waals surface area contributed by atoms with Gasteiger partial charge in [-0.2, -0.15) is 0 Å². The van der Waals surface area contributed by atoms with E-state index in [0.717, 1.165) is 0 Å². The second-order valence-corrected chi connectivity index (χ2v) is 7.71. The van der Waals surface area contributed by atoms with Crippen LogP contribution in [0.25, 0.3) is 0 Å². The molecule has 8 heteroatoms. The van der Waals surface area contributed by atoms with Crippen LogP contribution in [0.3, 0.4) is 0 Å². The molecule has 0 spiro atoms. The molecule has 146 valence electrons. The van der Waals surface area contributed by atoms with Gasteiger partial charge in [-0.3, -0.25) is 9.69 Å². The maximum atomic E-state index is 12.6. The summed E-state index contributed by atoms with van der Waals surface area (Å²) in [5.41, 5.74) is 1.34. The Morgan fingerprint density at radius 1 is 1.22 bits per heavy atom. The van der Waals surface area contributed by atoms with E-state index in [4.69, 9.17) is 0 Å². The van der Waals surface area contributed by atoms with Gasteiger partial charge in [0.15, 0.2) is 0 Å². The number of rotatable bonds is 3. The molecule has 3 rings (SSSR count). The minimum absolute atomic E-state index is 0.134. The maximum absolute atomic E-state index is 12.6. The summed E-state index contributed by atoms with van der Waals surface area (Å²) in [7, 11) is 0. The fraction of sp³-hybridized carbons (Fsp3) is 0.474. The van der Waals surface area contributed by atoms with Crippen molar-refractivity contribution in [3.63, 3.8) is 0 Å². The Labute approximate surface area is 155 Å². The van der Waals surface area contributed by atoms with Crippen molar-refractivity contribution in [2.24, 2.45) is 0 Å². The quantitative estimate of drug-likeness (QED) is 0.884. The van der Waals surface area contributed by atoms with Crippen LogP contribution in [0.2, 0.25) is 0 Å². The molecule has 0 amide bonds. The molecule has 2 aromatic rings. The standard InChI is InChI=1S/C19H22F3N3O2/c1-18(2,3)17-23-14-11-25(9-8-13(14)16(26)24-17)10-12-6-4-5-7-15(12)27-19(20,21)22/h4-7H,8-11H2,1-3H3,(H,23,24,26). The third-order valence-corrected chi connectivity index (χ3v) is 4.46. The zero-order valence-corrected chi connectivity index (χ0v) is 15.5. The summed E-state index contributed by atoms with van der Waals surface area (Å²) >= 11 is 0. The lowest BCUT2D eigenvalue weighted by Crippen LogP contribution is -2.36. The van der Waals surface area contributed by atoms with Crippen LogP contribution < -0.4 is 10.3 Å². The minimum atomic E-state index is -4.74. The first-order chi connectivity index (χ1) is 12.5. The third kappa shape index (κ3) is 4.68. The van der Waals surface area contributed by atoms with E-state index < -0.39 is 6.36 Å². The highest BCUT2D eigenvalue weighted by Crippen LogP contribution is 2.28. The highest BCUT2D eigenvalue weighted by molar-refractivity contribution is 5.34. The van der Waals surface area contributed by atoms with Crippen molar-refractivity contribution >= 4 is 0 Å². The van der Waals surface area contributed by atoms with Gasteiger partial charge in [-0.05, 0) is 12.5 Å². The van der Waals surface area contributed by atoms with Gasteiger partial charge in [-0.1, -0.05) is 39.0 Å². The topological polar surface area (TPSA) is 58.2 Å². The Bertz CT molecular complexity index is 885. The number of H-pyrrole nitrogens is 1. The number of aromatic amines is 1. The Hall–Kier alpha value is -2.35. The summed E-state index contributed by atoms with van der Waals surface area (Å²) in [5, 5.41) is 0. The molecule has 1 N–H and O–H groups in total. The van der Waals surface area contributed by atoms with Crippen LogP contribution in [0.15, 0.2) is 29.1 Å². The molecule has 1 aromatic carbocycles. The number of hydrogen-bond donors (Lipinski definition) is 1. The molecule has 1 aliphatic heterocycles. The van der Waals surface area contributed by atoms with Gasteiger partial charge in [0.2, 0.25) is 0 Å². The van der Waals surface area contributed by atoms with Gasteiger partial charge in [0.1, 0.15) is 11.6 Å². The van der Waals surface area contributed by atoms with Crippen molar-refractivity contribution in [1.82, 2.24) is 14.9 Å². The Morgan fingerprint density at radius 2 is 1.93 bits per heavy atom. The van der Waals surface area contributed by atoms with Crippen LogP contribution in [0.5, 0.6) is 5.75 Å².